The van der Waals surface area contributed by atoms with Crippen molar-refractivity contribution in [3.63, 3.8) is 0 Å². The summed E-state index contributed by atoms with van der Waals surface area (Å²) < 4.78 is 20.3. The summed E-state index contributed by atoms with van der Waals surface area (Å²) in [7, 11) is 0. The van der Waals surface area contributed by atoms with Crippen molar-refractivity contribution in [2.24, 2.45) is 10.7 Å². The molecule has 1 aromatic carbocycles. The Morgan fingerprint density at radius 2 is 2.12 bits per heavy atom. The highest BCUT2D eigenvalue weighted by atomic mass is 35.5. The van der Waals surface area contributed by atoms with E-state index in [0.29, 0.717) is 33.6 Å². The lowest BCUT2D eigenvalue weighted by atomic mass is 9.85. The van der Waals surface area contributed by atoms with Gasteiger partial charge in [-0.2, -0.15) is 0 Å². The first-order valence-electron chi connectivity index (χ1n) is 9.84. The van der Waals surface area contributed by atoms with Crippen LogP contribution in [0.1, 0.15) is 51.7 Å². The smallest absolute Gasteiger partial charge is 0.274 e. The molecule has 3 aromatic rings. The Morgan fingerprint density at radius 1 is 1.34 bits per heavy atom. The van der Waals surface area contributed by atoms with Crippen molar-refractivity contribution in [3.05, 3.63) is 75.6 Å². The Hall–Kier alpha value is -2.91. The Labute approximate surface area is 193 Å². The summed E-state index contributed by atoms with van der Waals surface area (Å²) in [5, 5.41) is 7.46. The number of nitrogens with one attached hydrogen (secondary N) is 1. The molecule has 1 aliphatic heterocycles. The molecule has 0 unspecified atom stereocenters. The third kappa shape index (κ3) is 4.35. The summed E-state index contributed by atoms with van der Waals surface area (Å²) in [6.45, 7) is 5.54. The maximum Gasteiger partial charge on any atom is 0.274 e. The number of thioether (sulfide) groups is 1. The van der Waals surface area contributed by atoms with Gasteiger partial charge in [-0.3, -0.25) is 9.79 Å². The van der Waals surface area contributed by atoms with Crippen molar-refractivity contribution in [1.29, 1.82) is 0 Å². The van der Waals surface area contributed by atoms with Crippen LogP contribution in [0.2, 0.25) is 5.02 Å². The van der Waals surface area contributed by atoms with Gasteiger partial charge < -0.3 is 15.6 Å². The Balaban J connectivity index is 1.65. The van der Waals surface area contributed by atoms with Gasteiger partial charge in [-0.25, -0.2) is 9.37 Å². The molecule has 32 heavy (non-hydrogen) atoms. The summed E-state index contributed by atoms with van der Waals surface area (Å²) >= 11 is 7.23. The molecular weight excluding hydrogens is 453 g/mol. The van der Waals surface area contributed by atoms with Gasteiger partial charge in [0.2, 0.25) is 0 Å². The van der Waals surface area contributed by atoms with E-state index in [1.807, 2.05) is 20.8 Å². The number of anilines is 1. The van der Waals surface area contributed by atoms with E-state index >= 15 is 0 Å². The van der Waals surface area contributed by atoms with Crippen LogP contribution in [-0.4, -0.2) is 21.2 Å². The second kappa shape index (κ2) is 8.55. The molecule has 10 heteroatoms. The standard InChI is InChI=1S/C22H21ClFN5O2S/c1-11-19(12(2)31-29-11)18-9-22(3,28-21(25)32-18)15-8-14(5-6-16(15)24)27-20(30)17-7-4-13(23)10-26-17/h4-8,10,18H,9H2,1-3H3,(H2,25,28)(H,27,30)/t18-,22-/m0/s1. The summed E-state index contributed by atoms with van der Waals surface area (Å²) in [5.74, 6) is -0.162. The maximum atomic E-state index is 15.0. The molecule has 3 heterocycles. The third-order valence-electron chi connectivity index (χ3n) is 5.38. The number of rotatable bonds is 4. The van der Waals surface area contributed by atoms with Gasteiger partial charge in [0.25, 0.3) is 5.91 Å². The first kappa shape index (κ1) is 22.3. The van der Waals surface area contributed by atoms with E-state index in [4.69, 9.17) is 21.9 Å². The zero-order chi connectivity index (χ0) is 23.0. The Bertz CT molecular complexity index is 1190. The summed E-state index contributed by atoms with van der Waals surface area (Å²) in [6, 6.07) is 7.48. The Kier molecular flexibility index (Phi) is 5.96. The lowest BCUT2D eigenvalue weighted by Crippen LogP contribution is -2.31. The molecule has 2 atom stereocenters. The molecule has 1 amide bonds. The largest absolute Gasteiger partial charge is 0.378 e. The van der Waals surface area contributed by atoms with E-state index in [1.54, 1.807) is 12.1 Å². The number of nitrogens with zero attached hydrogens (tertiary/aromatic N) is 3. The first-order chi connectivity index (χ1) is 15.2. The average Bonchev–Trinajstić information content (AvgIpc) is 3.07. The van der Waals surface area contributed by atoms with Gasteiger partial charge in [0.1, 0.15) is 17.3 Å². The van der Waals surface area contributed by atoms with E-state index in [-0.39, 0.29) is 10.9 Å². The maximum absolute atomic E-state index is 15.0. The van der Waals surface area contributed by atoms with Crippen LogP contribution in [0.4, 0.5) is 10.1 Å². The minimum absolute atomic E-state index is 0.0975. The molecule has 0 fully saturated rings. The predicted octanol–water partition coefficient (Wildman–Crippen LogP) is 5.14. The minimum atomic E-state index is -0.945. The number of carbonyl (C=O) groups excluding carboxylic acids is 1. The summed E-state index contributed by atoms with van der Waals surface area (Å²) in [4.78, 5) is 21.1. The van der Waals surface area contributed by atoms with Crippen LogP contribution in [0, 0.1) is 19.7 Å². The molecule has 4 rings (SSSR count). The molecule has 3 N–H and O–H groups in total. The number of pyridine rings is 1. The monoisotopic (exact) mass is 473 g/mol. The number of benzene rings is 1. The van der Waals surface area contributed by atoms with E-state index < -0.39 is 17.3 Å². The van der Waals surface area contributed by atoms with Crippen LogP contribution in [0.3, 0.4) is 0 Å². The quantitative estimate of drug-likeness (QED) is 0.543. The number of hydrogen-bond donors (Lipinski definition) is 2. The normalized spacial score (nSPS) is 20.7. The zero-order valence-corrected chi connectivity index (χ0v) is 19.2. The van der Waals surface area contributed by atoms with Crippen molar-refractivity contribution in [2.75, 3.05) is 5.32 Å². The molecule has 7 nitrogen and oxygen atoms in total. The van der Waals surface area contributed by atoms with Crippen LogP contribution in [0.25, 0.3) is 0 Å². The highest BCUT2D eigenvalue weighted by Crippen LogP contribution is 2.48. The lowest BCUT2D eigenvalue weighted by molar-refractivity contribution is 0.102. The molecule has 166 valence electrons. The SMILES string of the molecule is Cc1noc(C)c1[C@@H]1C[C@@](C)(c2cc(NC(=O)c3ccc(Cl)cn3)ccc2F)N=C(N)S1. The minimum Gasteiger partial charge on any atom is -0.378 e. The molecule has 0 radical (unpaired) electrons. The molecule has 0 spiro atoms. The number of carbonyl (C=O) groups is 1. The molecule has 0 saturated carbocycles. The second-order valence-corrected chi connectivity index (χ2v) is 9.44. The number of hydrogen-bond acceptors (Lipinski definition) is 7. The number of amidine groups is 1. The summed E-state index contributed by atoms with van der Waals surface area (Å²) in [5.41, 5.74) is 7.87. The van der Waals surface area contributed by atoms with Gasteiger partial charge in [-0.15, -0.1) is 0 Å². The number of aromatic nitrogens is 2. The van der Waals surface area contributed by atoms with Crippen LogP contribution in [0.15, 0.2) is 46.0 Å². The van der Waals surface area contributed by atoms with Crippen molar-refractivity contribution >= 4 is 40.1 Å². The van der Waals surface area contributed by atoms with E-state index in [1.165, 1.54) is 36.2 Å². The number of nitrogens with two attached hydrogens (primary N) is 1. The summed E-state index contributed by atoms with van der Waals surface area (Å²) in [6.07, 6.45) is 1.87. The van der Waals surface area contributed by atoms with Crippen LogP contribution >= 0.6 is 23.4 Å². The van der Waals surface area contributed by atoms with Crippen molar-refractivity contribution < 1.29 is 13.7 Å². The number of aryl methyl sites for hydroxylation is 2. The number of halogens is 2. The first-order valence-corrected chi connectivity index (χ1v) is 11.1. The zero-order valence-electron chi connectivity index (χ0n) is 17.6. The number of aliphatic imine (C=N–C) groups is 1. The van der Waals surface area contributed by atoms with Crippen LogP contribution < -0.4 is 11.1 Å². The van der Waals surface area contributed by atoms with Gasteiger partial charge in [-0.05, 0) is 57.5 Å². The molecule has 1 aliphatic rings. The van der Waals surface area contributed by atoms with E-state index in [0.717, 1.165) is 11.3 Å². The van der Waals surface area contributed by atoms with Crippen molar-refractivity contribution in [2.45, 2.75) is 38.0 Å². The topological polar surface area (TPSA) is 106 Å². The second-order valence-electron chi connectivity index (χ2n) is 7.78. The molecule has 2 aromatic heterocycles. The van der Waals surface area contributed by atoms with Gasteiger partial charge in [0.15, 0.2) is 5.17 Å². The van der Waals surface area contributed by atoms with E-state index in [9.17, 15) is 9.18 Å². The predicted molar refractivity (Wildman–Crippen MR) is 124 cm³/mol. The van der Waals surface area contributed by atoms with E-state index in [2.05, 4.69) is 20.4 Å². The highest BCUT2D eigenvalue weighted by molar-refractivity contribution is 8.14. The van der Waals surface area contributed by atoms with Gasteiger partial charge in [0.05, 0.1) is 16.3 Å². The van der Waals surface area contributed by atoms with Crippen molar-refractivity contribution in [3.8, 4) is 0 Å². The lowest BCUT2D eigenvalue weighted by Gasteiger charge is -2.35. The fourth-order valence-electron chi connectivity index (χ4n) is 3.87. The third-order valence-corrected chi connectivity index (χ3v) is 6.62. The molecule has 0 bridgehead atoms. The number of amides is 1. The molecular formula is C22H21ClFN5O2S. The van der Waals surface area contributed by atoms with Gasteiger partial charge in [0, 0.05) is 28.3 Å². The Morgan fingerprint density at radius 3 is 2.78 bits per heavy atom. The van der Waals surface area contributed by atoms with Crippen LogP contribution in [0.5, 0.6) is 0 Å². The van der Waals surface area contributed by atoms with Crippen LogP contribution in [-0.2, 0) is 5.54 Å². The average molecular weight is 474 g/mol. The molecule has 0 saturated heterocycles. The van der Waals surface area contributed by atoms with Gasteiger partial charge in [-0.1, -0.05) is 28.5 Å². The fraction of sp³-hybridized carbons (Fsp3) is 0.273. The van der Waals surface area contributed by atoms with Crippen molar-refractivity contribution in [1.82, 2.24) is 10.1 Å². The van der Waals surface area contributed by atoms with Gasteiger partial charge >= 0.3 is 0 Å². The molecule has 0 aliphatic carbocycles. The fourth-order valence-corrected chi connectivity index (χ4v) is 5.39. The highest BCUT2D eigenvalue weighted by Gasteiger charge is 2.39.